The van der Waals surface area contributed by atoms with E-state index in [1.54, 1.807) is 29.5 Å². The van der Waals surface area contributed by atoms with E-state index < -0.39 is 54.7 Å². The maximum atomic E-state index is 12.0. The van der Waals surface area contributed by atoms with Crippen molar-refractivity contribution in [1.29, 1.82) is 0 Å². The van der Waals surface area contributed by atoms with Gasteiger partial charge in [-0.1, -0.05) is 5.21 Å². The van der Waals surface area contributed by atoms with Gasteiger partial charge in [0.2, 0.25) is 11.8 Å². The lowest BCUT2D eigenvalue weighted by atomic mass is 10.1. The molecule has 1 aromatic heterocycles. The first-order chi connectivity index (χ1) is 14.0. The SMILES string of the molecule is CCOC(=O)c1nnn([C@@]2(O)O[C@H](COC(C)=O)[C@@H](OC(C)=O)[C@H]2OC(C)=O)c1I. The van der Waals surface area contributed by atoms with E-state index in [9.17, 15) is 24.3 Å². The molecule has 0 aliphatic carbocycles. The minimum Gasteiger partial charge on any atom is -0.463 e. The van der Waals surface area contributed by atoms with Gasteiger partial charge in [0.05, 0.1) is 6.61 Å². The zero-order valence-corrected chi connectivity index (χ0v) is 18.6. The van der Waals surface area contributed by atoms with E-state index in [1.165, 1.54) is 0 Å². The van der Waals surface area contributed by atoms with Gasteiger partial charge in [-0.15, -0.1) is 5.10 Å². The fourth-order valence-electron chi connectivity index (χ4n) is 2.72. The maximum absolute atomic E-state index is 12.0. The summed E-state index contributed by atoms with van der Waals surface area (Å²) in [7, 11) is 0. The number of hydrogen-bond acceptors (Lipinski definition) is 12. The Morgan fingerprint density at radius 1 is 1.13 bits per heavy atom. The molecule has 0 aromatic carbocycles. The van der Waals surface area contributed by atoms with Crippen molar-refractivity contribution in [3.8, 4) is 0 Å². The summed E-state index contributed by atoms with van der Waals surface area (Å²) in [6.07, 6.45) is -4.20. The lowest BCUT2D eigenvalue weighted by molar-refractivity contribution is -0.299. The average Bonchev–Trinajstić information content (AvgIpc) is 3.13. The largest absolute Gasteiger partial charge is 0.463 e. The van der Waals surface area contributed by atoms with Crippen LogP contribution in [0.1, 0.15) is 38.2 Å². The number of ether oxygens (including phenoxy) is 5. The third-order valence-electron chi connectivity index (χ3n) is 3.79. The Hall–Kier alpha value is -2.33. The number of rotatable bonds is 7. The molecule has 166 valence electrons. The minimum atomic E-state index is -2.54. The highest BCUT2D eigenvalue weighted by atomic mass is 127. The summed E-state index contributed by atoms with van der Waals surface area (Å²) >= 11 is 1.67. The van der Waals surface area contributed by atoms with Gasteiger partial charge in [0.1, 0.15) is 16.4 Å². The summed E-state index contributed by atoms with van der Waals surface area (Å²) in [6.45, 7) is 4.57. The van der Waals surface area contributed by atoms with Crippen molar-refractivity contribution in [2.24, 2.45) is 0 Å². The van der Waals surface area contributed by atoms with Crippen LogP contribution in [0.5, 0.6) is 0 Å². The highest BCUT2D eigenvalue weighted by Crippen LogP contribution is 2.38. The molecule has 1 N–H and O–H groups in total. The lowest BCUT2D eigenvalue weighted by Crippen LogP contribution is -2.50. The number of aromatic nitrogens is 3. The van der Waals surface area contributed by atoms with Gasteiger partial charge < -0.3 is 28.8 Å². The molecule has 14 heteroatoms. The molecule has 1 saturated heterocycles. The van der Waals surface area contributed by atoms with Crippen molar-refractivity contribution in [1.82, 2.24) is 15.0 Å². The fourth-order valence-corrected chi connectivity index (χ4v) is 3.49. The van der Waals surface area contributed by atoms with Crippen molar-refractivity contribution in [3.05, 3.63) is 9.39 Å². The Balaban J connectivity index is 2.50. The predicted molar refractivity (Wildman–Crippen MR) is 102 cm³/mol. The second-order valence-corrected chi connectivity index (χ2v) is 7.10. The molecule has 13 nitrogen and oxygen atoms in total. The van der Waals surface area contributed by atoms with E-state index in [1.807, 2.05) is 0 Å². The third-order valence-corrected chi connectivity index (χ3v) is 4.76. The van der Waals surface area contributed by atoms with E-state index in [4.69, 9.17) is 23.7 Å². The van der Waals surface area contributed by atoms with Crippen molar-refractivity contribution < 1.29 is 48.0 Å². The zero-order valence-electron chi connectivity index (χ0n) is 16.5. The molecule has 0 amide bonds. The molecule has 0 bridgehead atoms. The highest BCUT2D eigenvalue weighted by Gasteiger charge is 2.62. The van der Waals surface area contributed by atoms with E-state index in [-0.39, 0.29) is 16.0 Å². The number of aliphatic hydroxyl groups is 1. The Bertz CT molecular complexity index is 843. The monoisotopic (exact) mass is 541 g/mol. The first kappa shape index (κ1) is 23.9. The standard InChI is InChI=1S/C16H20IN3O10/c1-5-26-15(24)11-14(17)20(19-18-11)16(25)13(29-9(4)23)12(28-8(3)22)10(30-16)6-27-7(2)21/h10,12-13,25H,5-6H2,1-4H3/t10-,12-,13-,16+/m1/s1. The van der Waals surface area contributed by atoms with Gasteiger partial charge in [-0.25, -0.2) is 4.79 Å². The number of carbonyl (C=O) groups is 4. The molecule has 1 fully saturated rings. The first-order valence-electron chi connectivity index (χ1n) is 8.68. The smallest absolute Gasteiger partial charge is 0.361 e. The zero-order chi connectivity index (χ0) is 22.6. The van der Waals surface area contributed by atoms with E-state index in [2.05, 4.69) is 10.3 Å². The molecular formula is C16H20IN3O10. The van der Waals surface area contributed by atoms with Gasteiger partial charge >= 0.3 is 29.8 Å². The molecule has 0 saturated carbocycles. The molecule has 0 unspecified atom stereocenters. The molecule has 2 rings (SSSR count). The first-order valence-corrected chi connectivity index (χ1v) is 9.75. The predicted octanol–water partition coefficient (Wildman–Crippen LogP) is -0.513. The number of hydrogen-bond donors (Lipinski definition) is 1. The van der Waals surface area contributed by atoms with Crippen LogP contribution in [-0.2, 0) is 44.0 Å². The molecule has 4 atom stereocenters. The van der Waals surface area contributed by atoms with Crippen molar-refractivity contribution in [3.63, 3.8) is 0 Å². The molecule has 1 aliphatic rings. The topological polar surface area (TPSA) is 165 Å². The van der Waals surface area contributed by atoms with E-state index in [0.29, 0.717) is 0 Å². The van der Waals surface area contributed by atoms with Crippen molar-refractivity contribution in [2.45, 2.75) is 51.9 Å². The summed E-state index contributed by atoms with van der Waals surface area (Å²) in [5, 5.41) is 18.7. The Labute approximate surface area is 184 Å². The van der Waals surface area contributed by atoms with Gasteiger partial charge in [0.15, 0.2) is 6.10 Å². The second-order valence-electron chi connectivity index (χ2n) is 6.08. The molecule has 1 aliphatic heterocycles. The lowest BCUT2D eigenvalue weighted by Gasteiger charge is -2.29. The van der Waals surface area contributed by atoms with Gasteiger partial charge in [0.25, 0.3) is 0 Å². The fraction of sp³-hybridized carbons (Fsp3) is 0.625. The van der Waals surface area contributed by atoms with Crippen molar-refractivity contribution >= 4 is 46.5 Å². The maximum Gasteiger partial charge on any atom is 0.361 e. The van der Waals surface area contributed by atoms with Crippen LogP contribution in [0.3, 0.4) is 0 Å². The summed E-state index contributed by atoms with van der Waals surface area (Å²) < 4.78 is 26.5. The minimum absolute atomic E-state index is 0.000383. The second kappa shape index (κ2) is 9.65. The summed E-state index contributed by atoms with van der Waals surface area (Å²) in [4.78, 5) is 46.5. The summed E-state index contributed by atoms with van der Waals surface area (Å²) in [5.41, 5.74) is -0.219. The van der Waals surface area contributed by atoms with Crippen LogP contribution in [-0.4, -0.2) is 75.5 Å². The van der Waals surface area contributed by atoms with Gasteiger partial charge in [0, 0.05) is 20.8 Å². The normalized spacial score (nSPS) is 25.5. The number of carbonyl (C=O) groups excluding carboxylic acids is 4. The number of nitrogens with zero attached hydrogens (tertiary/aromatic N) is 3. The molecule has 0 spiro atoms. The average molecular weight is 541 g/mol. The molecule has 2 heterocycles. The van der Waals surface area contributed by atoms with Crippen LogP contribution >= 0.6 is 22.6 Å². The van der Waals surface area contributed by atoms with Crippen LogP contribution in [0.25, 0.3) is 0 Å². The van der Waals surface area contributed by atoms with Gasteiger partial charge in [-0.05, 0) is 29.5 Å². The highest BCUT2D eigenvalue weighted by molar-refractivity contribution is 14.1. The molecular weight excluding hydrogens is 521 g/mol. The molecule has 1 aromatic rings. The van der Waals surface area contributed by atoms with Gasteiger partial charge in [-0.2, -0.15) is 4.68 Å². The Morgan fingerprint density at radius 2 is 1.77 bits per heavy atom. The Kier molecular flexibility index (Phi) is 7.70. The van der Waals surface area contributed by atoms with Crippen LogP contribution in [0.4, 0.5) is 0 Å². The quantitative estimate of drug-likeness (QED) is 0.267. The summed E-state index contributed by atoms with van der Waals surface area (Å²) in [5.74, 6) is -5.58. The van der Waals surface area contributed by atoms with Crippen LogP contribution in [0.15, 0.2) is 0 Å². The third kappa shape index (κ3) is 5.04. The number of halogens is 1. The molecule has 0 radical (unpaired) electrons. The Morgan fingerprint density at radius 3 is 2.30 bits per heavy atom. The van der Waals surface area contributed by atoms with Crippen LogP contribution < -0.4 is 0 Å². The van der Waals surface area contributed by atoms with Crippen molar-refractivity contribution in [2.75, 3.05) is 13.2 Å². The van der Waals surface area contributed by atoms with E-state index in [0.717, 1.165) is 25.5 Å². The van der Waals surface area contributed by atoms with Crippen LogP contribution in [0, 0.1) is 3.70 Å². The summed E-state index contributed by atoms with van der Waals surface area (Å²) in [6, 6.07) is 0. The number of esters is 4. The van der Waals surface area contributed by atoms with E-state index >= 15 is 0 Å². The van der Waals surface area contributed by atoms with Gasteiger partial charge in [-0.3, -0.25) is 14.4 Å². The molecule has 30 heavy (non-hydrogen) atoms. The van der Waals surface area contributed by atoms with Crippen LogP contribution in [0.2, 0.25) is 0 Å².